The quantitative estimate of drug-likeness (QED) is 0.822. The first-order valence-corrected chi connectivity index (χ1v) is 6.28. The number of carbonyl (C=O) groups is 1. The fraction of sp³-hybridized carbons (Fsp3) is 0.500. The third-order valence-corrected chi connectivity index (χ3v) is 3.28. The third-order valence-electron chi connectivity index (χ3n) is 3.28. The number of hydrogen-bond donors (Lipinski definition) is 2. The van der Waals surface area contributed by atoms with Gasteiger partial charge in [-0.15, -0.1) is 0 Å². The molecule has 0 bridgehead atoms. The van der Waals surface area contributed by atoms with Gasteiger partial charge in [0.25, 0.3) is 0 Å². The first kappa shape index (κ1) is 12.1. The Kier molecular flexibility index (Phi) is 3.79. The molecule has 1 aromatic carbocycles. The second-order valence-electron chi connectivity index (χ2n) is 4.81. The van der Waals surface area contributed by atoms with E-state index in [1.165, 1.54) is 12.0 Å². The van der Waals surface area contributed by atoms with Gasteiger partial charge in [-0.1, -0.05) is 18.6 Å². The minimum Gasteiger partial charge on any atom is -0.324 e. The number of benzene rings is 1. The third kappa shape index (κ3) is 3.07. The molecule has 0 aliphatic carbocycles. The van der Waals surface area contributed by atoms with Crippen LogP contribution in [0.3, 0.4) is 0 Å². The summed E-state index contributed by atoms with van der Waals surface area (Å²) in [6.07, 6.45) is 3.25. The van der Waals surface area contributed by atoms with E-state index in [1.54, 1.807) is 0 Å². The van der Waals surface area contributed by atoms with E-state index in [4.69, 9.17) is 0 Å². The molecule has 3 heteroatoms. The average Bonchev–Trinajstić information content (AvgIpc) is 2.35. The number of rotatable bonds is 2. The zero-order valence-electron chi connectivity index (χ0n) is 10.5. The zero-order valence-corrected chi connectivity index (χ0v) is 10.5. The van der Waals surface area contributed by atoms with Crippen LogP contribution in [0, 0.1) is 13.8 Å². The SMILES string of the molecule is Cc1ccc(C)c(NC(=O)[C@@H]2CCCCN2)c1. The number of aryl methyl sites for hydroxylation is 2. The Labute approximate surface area is 103 Å². The lowest BCUT2D eigenvalue weighted by Crippen LogP contribution is -2.43. The van der Waals surface area contributed by atoms with Crippen molar-refractivity contribution in [1.82, 2.24) is 5.32 Å². The molecule has 1 aliphatic heterocycles. The van der Waals surface area contributed by atoms with Crippen molar-refractivity contribution in [1.29, 1.82) is 0 Å². The predicted molar refractivity (Wildman–Crippen MR) is 70.2 cm³/mol. The summed E-state index contributed by atoms with van der Waals surface area (Å²) in [5.41, 5.74) is 3.21. The Balaban J connectivity index is 2.04. The monoisotopic (exact) mass is 232 g/mol. The second-order valence-corrected chi connectivity index (χ2v) is 4.81. The van der Waals surface area contributed by atoms with Gasteiger partial charge in [0.2, 0.25) is 5.91 Å². The van der Waals surface area contributed by atoms with E-state index in [9.17, 15) is 4.79 Å². The molecule has 1 atom stereocenters. The molecule has 0 radical (unpaired) electrons. The fourth-order valence-corrected chi connectivity index (χ4v) is 2.17. The maximum atomic E-state index is 12.1. The summed E-state index contributed by atoms with van der Waals surface area (Å²) in [4.78, 5) is 12.1. The molecule has 1 aliphatic rings. The Hall–Kier alpha value is -1.35. The van der Waals surface area contributed by atoms with Crippen LogP contribution in [0.2, 0.25) is 0 Å². The molecule has 0 aromatic heterocycles. The first-order valence-electron chi connectivity index (χ1n) is 6.28. The van der Waals surface area contributed by atoms with Gasteiger partial charge in [-0.2, -0.15) is 0 Å². The molecule has 3 nitrogen and oxygen atoms in total. The molecular weight excluding hydrogens is 212 g/mol. The Morgan fingerprint density at radius 3 is 2.88 bits per heavy atom. The molecule has 1 amide bonds. The van der Waals surface area contributed by atoms with E-state index in [1.807, 2.05) is 26.0 Å². The Morgan fingerprint density at radius 1 is 1.35 bits per heavy atom. The molecule has 1 aromatic rings. The molecule has 0 saturated carbocycles. The van der Waals surface area contributed by atoms with E-state index >= 15 is 0 Å². The largest absolute Gasteiger partial charge is 0.324 e. The molecule has 0 spiro atoms. The predicted octanol–water partition coefficient (Wildman–Crippen LogP) is 2.38. The van der Waals surface area contributed by atoms with Crippen molar-refractivity contribution in [2.45, 2.75) is 39.2 Å². The van der Waals surface area contributed by atoms with Gasteiger partial charge in [0, 0.05) is 5.69 Å². The summed E-state index contributed by atoms with van der Waals surface area (Å²) < 4.78 is 0. The molecule has 1 heterocycles. The van der Waals surface area contributed by atoms with Crippen molar-refractivity contribution in [3.8, 4) is 0 Å². The van der Waals surface area contributed by atoms with E-state index in [-0.39, 0.29) is 11.9 Å². The van der Waals surface area contributed by atoms with Crippen LogP contribution < -0.4 is 10.6 Å². The van der Waals surface area contributed by atoms with Gasteiger partial charge >= 0.3 is 0 Å². The highest BCUT2D eigenvalue weighted by Gasteiger charge is 2.20. The average molecular weight is 232 g/mol. The molecule has 17 heavy (non-hydrogen) atoms. The number of amides is 1. The van der Waals surface area contributed by atoms with Crippen molar-refractivity contribution in [2.24, 2.45) is 0 Å². The molecule has 1 fully saturated rings. The van der Waals surface area contributed by atoms with Crippen molar-refractivity contribution in [3.63, 3.8) is 0 Å². The lowest BCUT2D eigenvalue weighted by molar-refractivity contribution is -0.118. The van der Waals surface area contributed by atoms with Crippen LogP contribution in [0.1, 0.15) is 30.4 Å². The van der Waals surface area contributed by atoms with Crippen LogP contribution in [-0.2, 0) is 4.79 Å². The summed E-state index contributed by atoms with van der Waals surface area (Å²) >= 11 is 0. The summed E-state index contributed by atoms with van der Waals surface area (Å²) in [6.45, 7) is 5.00. The van der Waals surface area contributed by atoms with E-state index in [0.717, 1.165) is 30.6 Å². The van der Waals surface area contributed by atoms with Crippen LogP contribution in [0.15, 0.2) is 18.2 Å². The summed E-state index contributed by atoms with van der Waals surface area (Å²) in [7, 11) is 0. The Bertz CT molecular complexity index is 409. The highest BCUT2D eigenvalue weighted by molar-refractivity contribution is 5.95. The van der Waals surface area contributed by atoms with E-state index in [0.29, 0.717) is 0 Å². The maximum absolute atomic E-state index is 12.1. The number of carbonyl (C=O) groups excluding carboxylic acids is 1. The van der Waals surface area contributed by atoms with Crippen molar-refractivity contribution >= 4 is 11.6 Å². The number of nitrogens with one attached hydrogen (secondary N) is 2. The zero-order chi connectivity index (χ0) is 12.3. The van der Waals surface area contributed by atoms with E-state index in [2.05, 4.69) is 16.7 Å². The van der Waals surface area contributed by atoms with Gasteiger partial charge in [0.1, 0.15) is 0 Å². The van der Waals surface area contributed by atoms with Gasteiger partial charge in [0.05, 0.1) is 6.04 Å². The maximum Gasteiger partial charge on any atom is 0.241 e. The van der Waals surface area contributed by atoms with Gasteiger partial charge < -0.3 is 10.6 Å². The summed E-state index contributed by atoms with van der Waals surface area (Å²) in [5.74, 6) is 0.0957. The number of piperidine rings is 1. The lowest BCUT2D eigenvalue weighted by Gasteiger charge is -2.23. The second kappa shape index (κ2) is 5.32. The summed E-state index contributed by atoms with van der Waals surface area (Å²) in [6, 6.07) is 6.10. The van der Waals surface area contributed by atoms with Crippen LogP contribution in [0.25, 0.3) is 0 Å². The van der Waals surface area contributed by atoms with Gasteiger partial charge in [-0.25, -0.2) is 0 Å². The topological polar surface area (TPSA) is 41.1 Å². The first-order chi connectivity index (χ1) is 8.16. The van der Waals surface area contributed by atoms with Gasteiger partial charge in [-0.05, 0) is 50.4 Å². The fourth-order valence-electron chi connectivity index (χ4n) is 2.17. The molecule has 0 unspecified atom stereocenters. The van der Waals surface area contributed by atoms with Crippen LogP contribution in [0.4, 0.5) is 5.69 Å². The smallest absolute Gasteiger partial charge is 0.241 e. The van der Waals surface area contributed by atoms with Crippen molar-refractivity contribution < 1.29 is 4.79 Å². The van der Waals surface area contributed by atoms with Gasteiger partial charge in [-0.3, -0.25) is 4.79 Å². The normalized spacial score (nSPS) is 20.0. The van der Waals surface area contributed by atoms with Crippen LogP contribution >= 0.6 is 0 Å². The van der Waals surface area contributed by atoms with Crippen molar-refractivity contribution in [3.05, 3.63) is 29.3 Å². The lowest BCUT2D eigenvalue weighted by atomic mass is 10.0. The summed E-state index contributed by atoms with van der Waals surface area (Å²) in [5, 5.41) is 6.28. The minimum atomic E-state index is -0.0244. The molecule has 92 valence electrons. The molecular formula is C14H20N2O. The standard InChI is InChI=1S/C14H20N2O/c1-10-6-7-11(2)13(9-10)16-14(17)12-5-3-4-8-15-12/h6-7,9,12,15H,3-5,8H2,1-2H3,(H,16,17)/t12-/m0/s1. The van der Waals surface area contributed by atoms with Crippen LogP contribution in [-0.4, -0.2) is 18.5 Å². The van der Waals surface area contributed by atoms with E-state index < -0.39 is 0 Å². The Morgan fingerprint density at radius 2 is 2.18 bits per heavy atom. The van der Waals surface area contributed by atoms with Crippen molar-refractivity contribution in [2.75, 3.05) is 11.9 Å². The minimum absolute atomic E-state index is 0.0244. The number of hydrogen-bond acceptors (Lipinski definition) is 2. The molecule has 1 saturated heterocycles. The highest BCUT2D eigenvalue weighted by Crippen LogP contribution is 2.17. The van der Waals surface area contributed by atoms with Gasteiger partial charge in [0.15, 0.2) is 0 Å². The highest BCUT2D eigenvalue weighted by atomic mass is 16.2. The number of anilines is 1. The molecule has 2 N–H and O–H groups in total. The van der Waals surface area contributed by atoms with Crippen LogP contribution in [0.5, 0.6) is 0 Å². The molecule has 2 rings (SSSR count).